The van der Waals surface area contributed by atoms with Gasteiger partial charge in [0, 0.05) is 0 Å². The zero-order valence-corrected chi connectivity index (χ0v) is 7.16. The Morgan fingerprint density at radius 1 is 1.43 bits per heavy atom. The lowest BCUT2D eigenvalue weighted by Crippen LogP contribution is -2.59. The Bertz CT molecular complexity index is 246. The zero-order valence-electron chi connectivity index (χ0n) is 7.16. The van der Waals surface area contributed by atoms with Gasteiger partial charge < -0.3 is 30.1 Å². The van der Waals surface area contributed by atoms with E-state index in [4.69, 9.17) is 14.6 Å². The maximum absolute atomic E-state index is 10.8. The van der Waals surface area contributed by atoms with Gasteiger partial charge in [-0.05, 0) is 0 Å². The number of fused-ring (bicyclic) bond motifs is 1. The van der Waals surface area contributed by atoms with E-state index < -0.39 is 43.3 Å². The molecule has 2 unspecified atom stereocenters. The molecule has 0 radical (unpaired) electrons. The average Bonchev–Trinajstić information content (AvgIpc) is 2.54. The molecule has 0 saturated carbocycles. The molecule has 14 heavy (non-hydrogen) atoms. The van der Waals surface area contributed by atoms with Gasteiger partial charge in [-0.15, -0.1) is 0 Å². The number of aliphatic hydroxyl groups is 3. The van der Waals surface area contributed by atoms with Crippen LogP contribution in [-0.2, 0) is 9.47 Å². The van der Waals surface area contributed by atoms with Crippen molar-refractivity contribution in [2.75, 3.05) is 6.61 Å². The van der Waals surface area contributed by atoms with E-state index in [2.05, 4.69) is 5.32 Å². The molecule has 2 aliphatic heterocycles. The van der Waals surface area contributed by atoms with Crippen molar-refractivity contribution in [1.29, 1.82) is 0 Å². The second-order valence-electron chi connectivity index (χ2n) is 3.28. The molecule has 2 heterocycles. The summed E-state index contributed by atoms with van der Waals surface area (Å²) < 4.78 is 9.60. The minimum Gasteiger partial charge on any atom is -0.441 e. The van der Waals surface area contributed by atoms with Crippen molar-refractivity contribution in [3.8, 4) is 0 Å². The minimum atomic E-state index is -1.27. The maximum Gasteiger partial charge on any atom is 0.408 e. The number of carbonyl (C=O) groups excluding carboxylic acids is 1. The van der Waals surface area contributed by atoms with E-state index >= 15 is 0 Å². The normalized spacial score (nSPS) is 46.8. The highest BCUT2D eigenvalue weighted by Gasteiger charge is 2.51. The summed E-state index contributed by atoms with van der Waals surface area (Å²) in [6.45, 7) is -0.445. The number of aliphatic hydroxyl groups excluding tert-OH is 3. The molecule has 0 aromatic carbocycles. The number of ether oxygens (including phenoxy) is 2. The fourth-order valence-electron chi connectivity index (χ4n) is 1.67. The first kappa shape index (κ1) is 9.66. The quantitative estimate of drug-likeness (QED) is 0.378. The lowest BCUT2D eigenvalue weighted by Gasteiger charge is -2.36. The van der Waals surface area contributed by atoms with Gasteiger partial charge in [-0.3, -0.25) is 0 Å². The molecule has 2 aliphatic rings. The number of rotatable bonds is 1. The molecule has 2 fully saturated rings. The Balaban J connectivity index is 2.15. The highest BCUT2D eigenvalue weighted by Crippen LogP contribution is 2.25. The van der Waals surface area contributed by atoms with Crippen LogP contribution in [0.25, 0.3) is 0 Å². The molecule has 0 aliphatic carbocycles. The number of alkyl carbamates (subject to hydrolysis) is 1. The van der Waals surface area contributed by atoms with Crippen molar-refractivity contribution >= 4 is 6.09 Å². The standard InChI is InChI=1S/C7H11NO6/c9-1-2-4(10)5-3(6(11)13-2)8-7(12)14-5/h2-6,9-11H,1H2,(H,8,12)/t2?,3-,4+,5?,6+/m0/s1. The summed E-state index contributed by atoms with van der Waals surface area (Å²) in [5.74, 6) is 0. The van der Waals surface area contributed by atoms with Crippen LogP contribution in [0.15, 0.2) is 0 Å². The van der Waals surface area contributed by atoms with Crippen molar-refractivity contribution in [1.82, 2.24) is 5.32 Å². The fraction of sp³-hybridized carbons (Fsp3) is 0.857. The molecule has 4 N–H and O–H groups in total. The van der Waals surface area contributed by atoms with Gasteiger partial charge in [0.2, 0.25) is 0 Å². The van der Waals surface area contributed by atoms with Crippen LogP contribution in [0, 0.1) is 0 Å². The second kappa shape index (κ2) is 3.35. The zero-order chi connectivity index (χ0) is 10.3. The van der Waals surface area contributed by atoms with E-state index in [1.165, 1.54) is 0 Å². The Hall–Kier alpha value is -0.890. The summed E-state index contributed by atoms with van der Waals surface area (Å²) in [6, 6.07) is -0.778. The van der Waals surface area contributed by atoms with Crippen LogP contribution in [0.5, 0.6) is 0 Å². The van der Waals surface area contributed by atoms with E-state index in [0.29, 0.717) is 0 Å². The van der Waals surface area contributed by atoms with Gasteiger partial charge in [0.1, 0.15) is 18.2 Å². The summed E-state index contributed by atoms with van der Waals surface area (Å²) in [6.07, 6.45) is -4.91. The van der Waals surface area contributed by atoms with Gasteiger partial charge in [0.25, 0.3) is 0 Å². The minimum absolute atomic E-state index is 0.445. The fourth-order valence-corrected chi connectivity index (χ4v) is 1.67. The number of nitrogens with one attached hydrogen (secondary N) is 1. The third kappa shape index (κ3) is 1.34. The van der Waals surface area contributed by atoms with Gasteiger partial charge in [-0.1, -0.05) is 0 Å². The molecule has 0 spiro atoms. The molecule has 7 nitrogen and oxygen atoms in total. The van der Waals surface area contributed by atoms with E-state index in [-0.39, 0.29) is 0 Å². The Kier molecular flexibility index (Phi) is 2.31. The molecule has 1 amide bonds. The summed E-state index contributed by atoms with van der Waals surface area (Å²) in [5, 5.41) is 30.0. The van der Waals surface area contributed by atoms with Crippen LogP contribution in [0.3, 0.4) is 0 Å². The number of amides is 1. The topological polar surface area (TPSA) is 108 Å². The van der Waals surface area contributed by atoms with Crippen molar-refractivity contribution in [2.45, 2.75) is 30.6 Å². The van der Waals surface area contributed by atoms with Gasteiger partial charge in [0.05, 0.1) is 6.61 Å². The lowest BCUT2D eigenvalue weighted by molar-refractivity contribution is -0.240. The smallest absolute Gasteiger partial charge is 0.408 e. The summed E-state index contributed by atoms with van der Waals surface area (Å²) in [4.78, 5) is 10.8. The van der Waals surface area contributed by atoms with Crippen LogP contribution in [0.1, 0.15) is 0 Å². The largest absolute Gasteiger partial charge is 0.441 e. The number of hydrogen-bond donors (Lipinski definition) is 4. The first-order valence-electron chi connectivity index (χ1n) is 4.23. The monoisotopic (exact) mass is 205 g/mol. The highest BCUT2D eigenvalue weighted by atomic mass is 16.6. The molecule has 7 heteroatoms. The number of hydrogen-bond acceptors (Lipinski definition) is 6. The van der Waals surface area contributed by atoms with Crippen LogP contribution in [-0.4, -0.2) is 58.7 Å². The van der Waals surface area contributed by atoms with Crippen molar-refractivity contribution < 1.29 is 29.6 Å². The van der Waals surface area contributed by atoms with Gasteiger partial charge >= 0.3 is 6.09 Å². The molecule has 80 valence electrons. The molecular formula is C7H11NO6. The maximum atomic E-state index is 10.8. The molecule has 2 saturated heterocycles. The summed E-state index contributed by atoms with van der Waals surface area (Å²) in [7, 11) is 0. The van der Waals surface area contributed by atoms with Gasteiger partial charge in [-0.25, -0.2) is 4.79 Å². The molecule has 5 atom stereocenters. The Labute approximate surface area is 79.2 Å². The van der Waals surface area contributed by atoms with Crippen molar-refractivity contribution in [3.63, 3.8) is 0 Å². The summed E-state index contributed by atoms with van der Waals surface area (Å²) >= 11 is 0. The third-order valence-corrected chi connectivity index (χ3v) is 2.40. The third-order valence-electron chi connectivity index (χ3n) is 2.40. The lowest BCUT2D eigenvalue weighted by atomic mass is 9.98. The van der Waals surface area contributed by atoms with E-state index in [1.807, 2.05) is 0 Å². The second-order valence-corrected chi connectivity index (χ2v) is 3.28. The molecule has 0 aromatic rings. The molecular weight excluding hydrogens is 194 g/mol. The Morgan fingerprint density at radius 2 is 2.14 bits per heavy atom. The highest BCUT2D eigenvalue weighted by molar-refractivity contribution is 5.70. The SMILES string of the molecule is O=C1N[C@H]2C(O1)[C@H](O)C(CO)O[C@H]2O. The van der Waals surface area contributed by atoms with E-state index in [9.17, 15) is 15.0 Å². The van der Waals surface area contributed by atoms with Gasteiger partial charge in [-0.2, -0.15) is 0 Å². The van der Waals surface area contributed by atoms with Crippen LogP contribution in [0.2, 0.25) is 0 Å². The summed E-state index contributed by atoms with van der Waals surface area (Å²) in [5.41, 5.74) is 0. The van der Waals surface area contributed by atoms with Crippen LogP contribution >= 0.6 is 0 Å². The van der Waals surface area contributed by atoms with Crippen molar-refractivity contribution in [2.24, 2.45) is 0 Å². The van der Waals surface area contributed by atoms with Gasteiger partial charge in [0.15, 0.2) is 12.4 Å². The predicted molar refractivity (Wildman–Crippen MR) is 41.2 cm³/mol. The first-order chi connectivity index (χ1) is 6.63. The van der Waals surface area contributed by atoms with Crippen LogP contribution in [0.4, 0.5) is 4.79 Å². The van der Waals surface area contributed by atoms with E-state index in [0.717, 1.165) is 0 Å². The Morgan fingerprint density at radius 3 is 2.79 bits per heavy atom. The van der Waals surface area contributed by atoms with Crippen molar-refractivity contribution in [3.05, 3.63) is 0 Å². The first-order valence-corrected chi connectivity index (χ1v) is 4.23. The average molecular weight is 205 g/mol. The molecule has 0 aromatic heterocycles. The van der Waals surface area contributed by atoms with Crippen LogP contribution < -0.4 is 5.32 Å². The van der Waals surface area contributed by atoms with E-state index in [1.54, 1.807) is 0 Å². The predicted octanol–water partition coefficient (Wildman–Crippen LogP) is -2.47. The number of carbonyl (C=O) groups is 1. The molecule has 2 rings (SSSR count). The molecule has 0 bridgehead atoms.